The highest BCUT2D eigenvalue weighted by atomic mass is 79.9. The molecule has 2 rings (SSSR count). The standard InChI is InChI=1S/C16H17BrN2O3S/c1-12(13-5-3-2-4-6-13)19-16(20)11-18-23(21,22)15-9-7-14(17)8-10-15/h2-10,12,18H,11H2,1H3,(H,19,20). The first-order chi connectivity index (χ1) is 10.9. The zero-order valence-corrected chi connectivity index (χ0v) is 14.9. The Morgan fingerprint density at radius 2 is 1.70 bits per heavy atom. The Labute approximate surface area is 144 Å². The number of benzene rings is 2. The Morgan fingerprint density at radius 3 is 2.30 bits per heavy atom. The molecule has 1 unspecified atom stereocenters. The number of carbonyl (C=O) groups excluding carboxylic acids is 1. The van der Waals surface area contributed by atoms with Crippen molar-refractivity contribution in [2.75, 3.05) is 6.54 Å². The Kier molecular flexibility index (Phi) is 5.92. The molecule has 0 spiro atoms. The van der Waals surface area contributed by atoms with Crippen LogP contribution in [0.2, 0.25) is 0 Å². The van der Waals surface area contributed by atoms with Gasteiger partial charge in [-0.05, 0) is 36.8 Å². The third-order valence-electron chi connectivity index (χ3n) is 3.22. The molecule has 0 heterocycles. The van der Waals surface area contributed by atoms with Crippen molar-refractivity contribution in [2.45, 2.75) is 17.9 Å². The first-order valence-electron chi connectivity index (χ1n) is 6.98. The van der Waals surface area contributed by atoms with Gasteiger partial charge in [0.05, 0.1) is 17.5 Å². The fourth-order valence-electron chi connectivity index (χ4n) is 1.98. The van der Waals surface area contributed by atoms with E-state index < -0.39 is 10.0 Å². The number of rotatable bonds is 6. The van der Waals surface area contributed by atoms with Gasteiger partial charge in [0.15, 0.2) is 0 Å². The number of amides is 1. The maximum Gasteiger partial charge on any atom is 0.241 e. The number of halogens is 1. The lowest BCUT2D eigenvalue weighted by atomic mass is 10.1. The molecule has 0 aliphatic carbocycles. The Balaban J connectivity index is 1.92. The van der Waals surface area contributed by atoms with Crippen LogP contribution in [0.25, 0.3) is 0 Å². The summed E-state index contributed by atoms with van der Waals surface area (Å²) in [4.78, 5) is 12.0. The van der Waals surface area contributed by atoms with Crippen molar-refractivity contribution in [3.05, 3.63) is 64.6 Å². The van der Waals surface area contributed by atoms with E-state index in [0.29, 0.717) is 0 Å². The van der Waals surface area contributed by atoms with Crippen LogP contribution in [0.3, 0.4) is 0 Å². The Bertz CT molecular complexity index is 762. The lowest BCUT2D eigenvalue weighted by Crippen LogP contribution is -2.38. The van der Waals surface area contributed by atoms with E-state index in [1.54, 1.807) is 12.1 Å². The van der Waals surface area contributed by atoms with Gasteiger partial charge < -0.3 is 5.32 Å². The van der Waals surface area contributed by atoms with Gasteiger partial charge in [0.2, 0.25) is 15.9 Å². The van der Waals surface area contributed by atoms with Gasteiger partial charge in [-0.1, -0.05) is 46.3 Å². The summed E-state index contributed by atoms with van der Waals surface area (Å²) in [6.45, 7) is 1.53. The van der Waals surface area contributed by atoms with Gasteiger partial charge in [-0.25, -0.2) is 13.1 Å². The largest absolute Gasteiger partial charge is 0.348 e. The van der Waals surface area contributed by atoms with E-state index in [1.807, 2.05) is 37.3 Å². The maximum absolute atomic E-state index is 12.1. The average molecular weight is 397 g/mol. The minimum atomic E-state index is -3.70. The summed E-state index contributed by atoms with van der Waals surface area (Å²) in [5.74, 6) is -0.387. The number of hydrogen-bond acceptors (Lipinski definition) is 3. The molecule has 122 valence electrons. The van der Waals surface area contributed by atoms with Crippen LogP contribution in [0, 0.1) is 0 Å². The van der Waals surface area contributed by atoms with Gasteiger partial charge in [0, 0.05) is 4.47 Å². The first kappa shape index (κ1) is 17.7. The van der Waals surface area contributed by atoms with Crippen LogP contribution < -0.4 is 10.0 Å². The van der Waals surface area contributed by atoms with Crippen molar-refractivity contribution >= 4 is 31.9 Å². The quantitative estimate of drug-likeness (QED) is 0.787. The average Bonchev–Trinajstić information content (AvgIpc) is 2.54. The van der Waals surface area contributed by atoms with Crippen LogP contribution in [0.4, 0.5) is 0 Å². The molecule has 0 aliphatic rings. The van der Waals surface area contributed by atoms with E-state index in [-0.39, 0.29) is 23.4 Å². The van der Waals surface area contributed by atoms with Crippen molar-refractivity contribution in [2.24, 2.45) is 0 Å². The summed E-state index contributed by atoms with van der Waals surface area (Å²) in [5, 5.41) is 2.76. The van der Waals surface area contributed by atoms with Crippen molar-refractivity contribution in [3.8, 4) is 0 Å². The molecule has 0 radical (unpaired) electrons. The van der Waals surface area contributed by atoms with E-state index in [2.05, 4.69) is 26.0 Å². The van der Waals surface area contributed by atoms with E-state index in [4.69, 9.17) is 0 Å². The van der Waals surface area contributed by atoms with Crippen LogP contribution in [0.1, 0.15) is 18.5 Å². The molecule has 1 atom stereocenters. The molecule has 0 aliphatic heterocycles. The molecule has 0 saturated carbocycles. The topological polar surface area (TPSA) is 75.3 Å². The summed E-state index contributed by atoms with van der Waals surface area (Å²) in [5.41, 5.74) is 0.955. The lowest BCUT2D eigenvalue weighted by Gasteiger charge is -2.14. The van der Waals surface area contributed by atoms with Crippen molar-refractivity contribution < 1.29 is 13.2 Å². The number of sulfonamides is 1. The molecule has 23 heavy (non-hydrogen) atoms. The summed E-state index contributed by atoms with van der Waals surface area (Å²) >= 11 is 3.24. The zero-order valence-electron chi connectivity index (χ0n) is 12.5. The lowest BCUT2D eigenvalue weighted by molar-refractivity contribution is -0.120. The van der Waals surface area contributed by atoms with Crippen molar-refractivity contribution in [1.29, 1.82) is 0 Å². The van der Waals surface area contributed by atoms with E-state index in [0.717, 1.165) is 10.0 Å². The van der Waals surface area contributed by atoms with Crippen LogP contribution in [0.5, 0.6) is 0 Å². The summed E-state index contributed by atoms with van der Waals surface area (Å²) in [7, 11) is -3.70. The summed E-state index contributed by atoms with van der Waals surface area (Å²) < 4.78 is 27.3. The van der Waals surface area contributed by atoms with Gasteiger partial charge in [-0.15, -0.1) is 0 Å². The van der Waals surface area contributed by atoms with E-state index in [1.165, 1.54) is 12.1 Å². The van der Waals surface area contributed by atoms with E-state index >= 15 is 0 Å². The summed E-state index contributed by atoms with van der Waals surface area (Å²) in [6, 6.07) is 15.5. The second kappa shape index (κ2) is 7.72. The minimum absolute atomic E-state index is 0.115. The maximum atomic E-state index is 12.1. The van der Waals surface area contributed by atoms with Gasteiger partial charge >= 0.3 is 0 Å². The highest BCUT2D eigenvalue weighted by molar-refractivity contribution is 9.10. The van der Waals surface area contributed by atoms with Gasteiger partial charge in [0.25, 0.3) is 0 Å². The number of hydrogen-bond donors (Lipinski definition) is 2. The predicted octanol–water partition coefficient (Wildman–Crippen LogP) is 2.60. The number of nitrogens with one attached hydrogen (secondary N) is 2. The van der Waals surface area contributed by atoms with Crippen LogP contribution >= 0.6 is 15.9 Å². The molecule has 2 aromatic rings. The second-order valence-corrected chi connectivity index (χ2v) is 7.66. The van der Waals surface area contributed by atoms with E-state index in [9.17, 15) is 13.2 Å². The number of carbonyl (C=O) groups is 1. The highest BCUT2D eigenvalue weighted by Crippen LogP contribution is 2.14. The van der Waals surface area contributed by atoms with Gasteiger partial charge in [-0.2, -0.15) is 0 Å². The molecular weight excluding hydrogens is 380 g/mol. The zero-order chi connectivity index (χ0) is 16.9. The molecule has 7 heteroatoms. The van der Waals surface area contributed by atoms with Crippen LogP contribution in [0.15, 0.2) is 64.0 Å². The first-order valence-corrected chi connectivity index (χ1v) is 9.25. The monoisotopic (exact) mass is 396 g/mol. The van der Waals surface area contributed by atoms with Crippen molar-refractivity contribution in [1.82, 2.24) is 10.0 Å². The third kappa shape index (κ3) is 5.16. The minimum Gasteiger partial charge on any atom is -0.348 e. The molecule has 2 aromatic carbocycles. The molecule has 0 aromatic heterocycles. The van der Waals surface area contributed by atoms with Gasteiger partial charge in [0.1, 0.15) is 0 Å². The Hall–Kier alpha value is -1.70. The third-order valence-corrected chi connectivity index (χ3v) is 5.17. The molecular formula is C16H17BrN2O3S. The molecule has 1 amide bonds. The highest BCUT2D eigenvalue weighted by Gasteiger charge is 2.16. The SMILES string of the molecule is CC(NC(=O)CNS(=O)(=O)c1ccc(Br)cc1)c1ccccc1. The fraction of sp³-hybridized carbons (Fsp3) is 0.188. The van der Waals surface area contributed by atoms with Crippen molar-refractivity contribution in [3.63, 3.8) is 0 Å². The summed E-state index contributed by atoms with van der Waals surface area (Å²) in [6.07, 6.45) is 0. The normalized spacial score (nSPS) is 12.6. The van der Waals surface area contributed by atoms with Crippen LogP contribution in [-0.2, 0) is 14.8 Å². The Morgan fingerprint density at radius 1 is 1.09 bits per heavy atom. The molecule has 2 N–H and O–H groups in total. The fourth-order valence-corrected chi connectivity index (χ4v) is 3.22. The molecule has 0 bridgehead atoms. The second-order valence-electron chi connectivity index (χ2n) is 4.98. The molecule has 5 nitrogen and oxygen atoms in total. The molecule has 0 fully saturated rings. The predicted molar refractivity (Wildman–Crippen MR) is 92.3 cm³/mol. The smallest absolute Gasteiger partial charge is 0.241 e. The van der Waals surface area contributed by atoms with Gasteiger partial charge in [-0.3, -0.25) is 4.79 Å². The van der Waals surface area contributed by atoms with Crippen LogP contribution in [-0.4, -0.2) is 20.9 Å². The molecule has 0 saturated heterocycles.